The number of alkyl halides is 1. The van der Waals surface area contributed by atoms with E-state index < -0.39 is 0 Å². The molecule has 1 aliphatic carbocycles. The standard InChI is InChI=1S/C10H18ClNO/c11-7-4-8-12-10(13)9-5-2-1-3-6-9/h9H,1-8H2,(H,12,13). The second-order valence-corrected chi connectivity index (χ2v) is 4.05. The quantitative estimate of drug-likeness (QED) is 0.552. The fraction of sp³-hybridized carbons (Fsp3) is 0.900. The molecule has 0 aromatic heterocycles. The zero-order chi connectivity index (χ0) is 9.52. The smallest absolute Gasteiger partial charge is 0.223 e. The van der Waals surface area contributed by atoms with Crippen molar-refractivity contribution in [3.63, 3.8) is 0 Å². The highest BCUT2D eigenvalue weighted by Crippen LogP contribution is 2.23. The Morgan fingerprint density at radius 3 is 2.62 bits per heavy atom. The molecule has 3 heteroatoms. The number of hydrogen-bond acceptors (Lipinski definition) is 1. The highest BCUT2D eigenvalue weighted by molar-refractivity contribution is 6.17. The van der Waals surface area contributed by atoms with Gasteiger partial charge in [-0.3, -0.25) is 4.79 Å². The van der Waals surface area contributed by atoms with Crippen LogP contribution in [0.15, 0.2) is 0 Å². The molecular weight excluding hydrogens is 186 g/mol. The van der Waals surface area contributed by atoms with Gasteiger partial charge in [-0.25, -0.2) is 0 Å². The van der Waals surface area contributed by atoms with E-state index in [1.54, 1.807) is 0 Å². The van der Waals surface area contributed by atoms with Crippen molar-refractivity contribution in [2.75, 3.05) is 12.4 Å². The molecular formula is C10H18ClNO. The van der Waals surface area contributed by atoms with E-state index in [-0.39, 0.29) is 11.8 Å². The van der Waals surface area contributed by atoms with Crippen LogP contribution in [-0.4, -0.2) is 18.3 Å². The predicted octanol–water partition coefficient (Wildman–Crippen LogP) is 2.31. The molecule has 0 bridgehead atoms. The van der Waals surface area contributed by atoms with Crippen LogP contribution in [0.25, 0.3) is 0 Å². The zero-order valence-electron chi connectivity index (χ0n) is 8.02. The summed E-state index contributed by atoms with van der Waals surface area (Å²) in [6, 6.07) is 0. The van der Waals surface area contributed by atoms with Crippen molar-refractivity contribution in [3.05, 3.63) is 0 Å². The molecule has 0 spiro atoms. The van der Waals surface area contributed by atoms with Crippen molar-refractivity contribution in [2.24, 2.45) is 5.92 Å². The molecule has 76 valence electrons. The van der Waals surface area contributed by atoms with Gasteiger partial charge in [0.15, 0.2) is 0 Å². The van der Waals surface area contributed by atoms with Crippen molar-refractivity contribution in [1.29, 1.82) is 0 Å². The van der Waals surface area contributed by atoms with Gasteiger partial charge in [0.1, 0.15) is 0 Å². The maximum atomic E-state index is 11.5. The molecule has 0 saturated heterocycles. The molecule has 0 atom stereocenters. The Morgan fingerprint density at radius 2 is 2.00 bits per heavy atom. The summed E-state index contributed by atoms with van der Waals surface area (Å²) >= 11 is 5.52. The minimum Gasteiger partial charge on any atom is -0.356 e. The minimum absolute atomic E-state index is 0.241. The van der Waals surface area contributed by atoms with Crippen molar-refractivity contribution < 1.29 is 4.79 Å². The van der Waals surface area contributed by atoms with Crippen molar-refractivity contribution in [1.82, 2.24) is 5.32 Å². The third-order valence-electron chi connectivity index (χ3n) is 2.59. The van der Waals surface area contributed by atoms with Crippen LogP contribution in [0.3, 0.4) is 0 Å². The molecule has 1 aliphatic rings. The number of carbonyl (C=O) groups excluding carboxylic acids is 1. The second-order valence-electron chi connectivity index (χ2n) is 3.67. The predicted molar refractivity (Wildman–Crippen MR) is 54.9 cm³/mol. The van der Waals surface area contributed by atoms with E-state index in [1.807, 2.05) is 0 Å². The van der Waals surface area contributed by atoms with Crippen molar-refractivity contribution in [2.45, 2.75) is 38.5 Å². The van der Waals surface area contributed by atoms with E-state index in [0.29, 0.717) is 5.88 Å². The Kier molecular flexibility index (Phi) is 5.21. The largest absolute Gasteiger partial charge is 0.356 e. The number of carbonyl (C=O) groups is 1. The Bertz CT molecular complexity index is 155. The molecule has 1 N–H and O–H groups in total. The van der Waals surface area contributed by atoms with E-state index in [9.17, 15) is 4.79 Å². The van der Waals surface area contributed by atoms with Crippen molar-refractivity contribution in [3.8, 4) is 0 Å². The lowest BCUT2D eigenvalue weighted by atomic mass is 9.89. The highest BCUT2D eigenvalue weighted by Gasteiger charge is 2.20. The number of rotatable bonds is 4. The third kappa shape index (κ3) is 3.99. The van der Waals surface area contributed by atoms with Gasteiger partial charge >= 0.3 is 0 Å². The first kappa shape index (κ1) is 10.8. The molecule has 0 unspecified atom stereocenters. The minimum atomic E-state index is 0.241. The lowest BCUT2D eigenvalue weighted by Gasteiger charge is -2.20. The molecule has 1 saturated carbocycles. The molecule has 1 rings (SSSR count). The lowest BCUT2D eigenvalue weighted by molar-refractivity contribution is -0.125. The summed E-state index contributed by atoms with van der Waals surface area (Å²) in [6.07, 6.45) is 6.76. The van der Waals surface area contributed by atoms with Crippen LogP contribution in [0.1, 0.15) is 38.5 Å². The summed E-state index contributed by atoms with van der Waals surface area (Å²) < 4.78 is 0. The summed E-state index contributed by atoms with van der Waals surface area (Å²) in [5, 5.41) is 2.93. The summed E-state index contributed by atoms with van der Waals surface area (Å²) in [5.41, 5.74) is 0. The van der Waals surface area contributed by atoms with Gasteiger partial charge in [-0.1, -0.05) is 19.3 Å². The van der Waals surface area contributed by atoms with Gasteiger partial charge < -0.3 is 5.32 Å². The number of hydrogen-bond donors (Lipinski definition) is 1. The summed E-state index contributed by atoms with van der Waals surface area (Å²) in [7, 11) is 0. The highest BCUT2D eigenvalue weighted by atomic mass is 35.5. The second kappa shape index (κ2) is 6.25. The SMILES string of the molecule is O=C(NCCCCl)C1CCCCC1. The van der Waals surface area contributed by atoms with Gasteiger partial charge in [-0.15, -0.1) is 11.6 Å². The topological polar surface area (TPSA) is 29.1 Å². The molecule has 0 aromatic carbocycles. The van der Waals surface area contributed by atoms with E-state index in [4.69, 9.17) is 11.6 Å². The van der Waals surface area contributed by atoms with Crippen molar-refractivity contribution >= 4 is 17.5 Å². The lowest BCUT2D eigenvalue weighted by Crippen LogP contribution is -2.32. The fourth-order valence-electron chi connectivity index (χ4n) is 1.79. The Labute approximate surface area is 85.0 Å². The van der Waals surface area contributed by atoms with Gasteiger partial charge in [0.05, 0.1) is 0 Å². The molecule has 0 aromatic rings. The first-order valence-electron chi connectivity index (χ1n) is 5.18. The molecule has 0 radical (unpaired) electrons. The molecule has 0 aliphatic heterocycles. The first-order chi connectivity index (χ1) is 6.34. The number of nitrogens with one attached hydrogen (secondary N) is 1. The maximum Gasteiger partial charge on any atom is 0.223 e. The van der Waals surface area contributed by atoms with Crippen LogP contribution >= 0.6 is 11.6 Å². The molecule has 2 nitrogen and oxygen atoms in total. The summed E-state index contributed by atoms with van der Waals surface area (Å²) in [4.78, 5) is 11.5. The van der Waals surface area contributed by atoms with Crippen LogP contribution in [-0.2, 0) is 4.79 Å². The Balaban J connectivity index is 2.13. The average Bonchev–Trinajstić information content (AvgIpc) is 2.19. The van der Waals surface area contributed by atoms with E-state index in [0.717, 1.165) is 25.8 Å². The van der Waals surface area contributed by atoms with E-state index >= 15 is 0 Å². The van der Waals surface area contributed by atoms with Crippen LogP contribution in [0.2, 0.25) is 0 Å². The van der Waals surface area contributed by atoms with Crippen LogP contribution < -0.4 is 5.32 Å². The van der Waals surface area contributed by atoms with E-state index in [2.05, 4.69) is 5.32 Å². The Hall–Kier alpha value is -0.240. The normalized spacial score (nSPS) is 18.5. The maximum absolute atomic E-state index is 11.5. The third-order valence-corrected chi connectivity index (χ3v) is 2.85. The molecule has 1 fully saturated rings. The molecule has 1 amide bonds. The number of amides is 1. The van der Waals surface area contributed by atoms with Gasteiger partial charge in [0.2, 0.25) is 5.91 Å². The van der Waals surface area contributed by atoms with Crippen LogP contribution in [0.4, 0.5) is 0 Å². The first-order valence-corrected chi connectivity index (χ1v) is 5.71. The van der Waals surface area contributed by atoms with Gasteiger partial charge in [-0.05, 0) is 19.3 Å². The monoisotopic (exact) mass is 203 g/mol. The average molecular weight is 204 g/mol. The molecule has 0 heterocycles. The Morgan fingerprint density at radius 1 is 1.31 bits per heavy atom. The van der Waals surface area contributed by atoms with Gasteiger partial charge in [-0.2, -0.15) is 0 Å². The zero-order valence-corrected chi connectivity index (χ0v) is 8.78. The van der Waals surface area contributed by atoms with Gasteiger partial charge in [0, 0.05) is 18.3 Å². The van der Waals surface area contributed by atoms with Gasteiger partial charge in [0.25, 0.3) is 0 Å². The van der Waals surface area contributed by atoms with Crippen LogP contribution in [0, 0.1) is 5.92 Å². The number of halogens is 1. The fourth-order valence-corrected chi connectivity index (χ4v) is 1.92. The summed E-state index contributed by atoms with van der Waals surface area (Å²) in [5.74, 6) is 1.15. The summed E-state index contributed by atoms with van der Waals surface area (Å²) in [6.45, 7) is 0.735. The van der Waals surface area contributed by atoms with E-state index in [1.165, 1.54) is 19.3 Å². The van der Waals surface area contributed by atoms with Crippen LogP contribution in [0.5, 0.6) is 0 Å². The molecule has 13 heavy (non-hydrogen) atoms.